The maximum Gasteiger partial charge on any atom is 0.268 e. The predicted octanol–water partition coefficient (Wildman–Crippen LogP) is 2.14. The molecule has 7 nitrogen and oxygen atoms in total. The normalized spacial score (nSPS) is 25.8. The molecule has 2 N–H and O–H groups in total. The molecule has 2 fully saturated rings. The Hall–Kier alpha value is -2.86. The predicted molar refractivity (Wildman–Crippen MR) is 104 cm³/mol. The number of carbonyl (C=O) groups excluding carboxylic acids is 2. The summed E-state index contributed by atoms with van der Waals surface area (Å²) in [6.45, 7) is -1.29. The molecule has 1 saturated carbocycles. The lowest BCUT2D eigenvalue weighted by Crippen LogP contribution is -2.43. The molecule has 1 aromatic rings. The number of nitrogens with one attached hydrogen (secondary N) is 1. The van der Waals surface area contributed by atoms with Gasteiger partial charge in [0.2, 0.25) is 5.91 Å². The fourth-order valence-electron chi connectivity index (χ4n) is 3.83. The Kier molecular flexibility index (Phi) is 6.77. The molecule has 1 aromatic heterocycles. The summed E-state index contributed by atoms with van der Waals surface area (Å²) in [5, 5.41) is 21.0. The van der Waals surface area contributed by atoms with Crippen LogP contribution >= 0.6 is 0 Å². The van der Waals surface area contributed by atoms with Crippen LogP contribution in [0.5, 0.6) is 0 Å². The van der Waals surface area contributed by atoms with E-state index in [1.807, 2.05) is 6.08 Å². The Labute approximate surface area is 173 Å². The van der Waals surface area contributed by atoms with E-state index in [4.69, 9.17) is 5.26 Å². The molecule has 1 atom stereocenters. The van der Waals surface area contributed by atoms with Crippen molar-refractivity contribution in [3.05, 3.63) is 35.7 Å². The summed E-state index contributed by atoms with van der Waals surface area (Å²) in [6, 6.07) is 2.03. The van der Waals surface area contributed by atoms with E-state index < -0.39 is 43.3 Å². The van der Waals surface area contributed by atoms with Gasteiger partial charge in [-0.1, -0.05) is 12.2 Å². The molecule has 0 radical (unpaired) electrons. The number of aliphatic hydroxyl groups excluding tert-OH is 1. The number of likely N-dealkylation sites (tertiary alicyclic amines) is 1. The lowest BCUT2D eigenvalue weighted by Gasteiger charge is -2.22. The minimum absolute atomic E-state index is 0.247. The van der Waals surface area contributed by atoms with E-state index in [9.17, 15) is 23.5 Å². The van der Waals surface area contributed by atoms with Crippen molar-refractivity contribution in [1.82, 2.24) is 15.2 Å². The fourth-order valence-corrected chi connectivity index (χ4v) is 3.83. The highest BCUT2D eigenvalue weighted by molar-refractivity contribution is 5.99. The highest BCUT2D eigenvalue weighted by Gasteiger charge is 2.47. The van der Waals surface area contributed by atoms with Crippen LogP contribution in [-0.4, -0.2) is 58.0 Å². The van der Waals surface area contributed by atoms with E-state index >= 15 is 0 Å². The molecule has 2 amide bonds. The quantitative estimate of drug-likeness (QED) is 0.762. The molecule has 3 rings (SSSR count). The van der Waals surface area contributed by atoms with E-state index in [0.29, 0.717) is 17.0 Å². The van der Waals surface area contributed by atoms with E-state index in [2.05, 4.69) is 10.3 Å². The Balaban J connectivity index is 1.61. The fraction of sp³-hybridized carbons (Fsp3) is 0.524. The monoisotopic (exact) mass is 418 g/mol. The SMILES string of the molecule is N#CC1CC(F)(F)CN1C(=O)CNC(=O)c1ccncc1/C=C/C1CCC(O)CC1. The van der Waals surface area contributed by atoms with Gasteiger partial charge < -0.3 is 15.3 Å². The summed E-state index contributed by atoms with van der Waals surface area (Å²) < 4.78 is 27.0. The van der Waals surface area contributed by atoms with Crippen molar-refractivity contribution in [3.8, 4) is 6.07 Å². The molecule has 0 aromatic carbocycles. The van der Waals surface area contributed by atoms with Crippen LogP contribution in [0.15, 0.2) is 24.5 Å². The third kappa shape index (κ3) is 5.39. The lowest BCUT2D eigenvalue weighted by molar-refractivity contribution is -0.131. The summed E-state index contributed by atoms with van der Waals surface area (Å²) in [7, 11) is 0. The topological polar surface area (TPSA) is 106 Å². The van der Waals surface area contributed by atoms with Crippen LogP contribution in [0.3, 0.4) is 0 Å². The number of allylic oxidation sites excluding steroid dienone is 1. The molecule has 1 aliphatic carbocycles. The molecule has 1 unspecified atom stereocenters. The van der Waals surface area contributed by atoms with Crippen molar-refractivity contribution in [3.63, 3.8) is 0 Å². The molecule has 1 saturated heterocycles. The molecular weight excluding hydrogens is 394 g/mol. The van der Waals surface area contributed by atoms with Gasteiger partial charge in [-0.3, -0.25) is 14.6 Å². The minimum Gasteiger partial charge on any atom is -0.393 e. The van der Waals surface area contributed by atoms with Gasteiger partial charge in [0.15, 0.2) is 0 Å². The first kappa shape index (κ1) is 21.8. The summed E-state index contributed by atoms with van der Waals surface area (Å²) in [5.41, 5.74) is 0.893. The number of aliphatic hydroxyl groups is 1. The van der Waals surface area contributed by atoms with Crippen LogP contribution in [-0.2, 0) is 4.79 Å². The van der Waals surface area contributed by atoms with Crippen molar-refractivity contribution in [2.75, 3.05) is 13.1 Å². The van der Waals surface area contributed by atoms with Crippen LogP contribution in [0.25, 0.3) is 6.08 Å². The third-order valence-corrected chi connectivity index (χ3v) is 5.53. The van der Waals surface area contributed by atoms with Crippen LogP contribution in [0.1, 0.15) is 48.0 Å². The Bertz CT molecular complexity index is 860. The van der Waals surface area contributed by atoms with Gasteiger partial charge in [-0.2, -0.15) is 5.26 Å². The first-order valence-electron chi connectivity index (χ1n) is 9.94. The van der Waals surface area contributed by atoms with Gasteiger partial charge in [0.1, 0.15) is 6.04 Å². The van der Waals surface area contributed by atoms with Gasteiger partial charge in [-0.05, 0) is 37.7 Å². The van der Waals surface area contributed by atoms with Gasteiger partial charge in [-0.15, -0.1) is 0 Å². The summed E-state index contributed by atoms with van der Waals surface area (Å²) >= 11 is 0. The number of halogens is 2. The van der Waals surface area contributed by atoms with Gasteiger partial charge >= 0.3 is 0 Å². The number of hydrogen-bond donors (Lipinski definition) is 2. The Morgan fingerprint density at radius 1 is 1.37 bits per heavy atom. The number of aromatic nitrogens is 1. The molecule has 1 aliphatic heterocycles. The van der Waals surface area contributed by atoms with Crippen molar-refractivity contribution in [1.29, 1.82) is 5.26 Å². The molecule has 9 heteroatoms. The van der Waals surface area contributed by atoms with E-state index in [-0.39, 0.29) is 6.10 Å². The number of rotatable bonds is 5. The summed E-state index contributed by atoms with van der Waals surface area (Å²) in [5.74, 6) is -4.04. The van der Waals surface area contributed by atoms with Crippen molar-refractivity contribution < 1.29 is 23.5 Å². The van der Waals surface area contributed by atoms with Gasteiger partial charge in [0.25, 0.3) is 11.8 Å². The summed E-state index contributed by atoms with van der Waals surface area (Å²) in [6.07, 6.45) is 9.09. The Morgan fingerprint density at radius 3 is 2.80 bits per heavy atom. The van der Waals surface area contributed by atoms with E-state index in [0.717, 1.165) is 30.6 Å². The summed E-state index contributed by atoms with van der Waals surface area (Å²) in [4.78, 5) is 29.7. The van der Waals surface area contributed by atoms with Crippen molar-refractivity contribution in [2.24, 2.45) is 5.92 Å². The van der Waals surface area contributed by atoms with Crippen LogP contribution in [0.4, 0.5) is 8.78 Å². The maximum absolute atomic E-state index is 13.5. The van der Waals surface area contributed by atoms with Gasteiger partial charge in [0.05, 0.1) is 25.3 Å². The zero-order valence-electron chi connectivity index (χ0n) is 16.4. The molecule has 160 valence electrons. The molecule has 2 heterocycles. The highest BCUT2D eigenvalue weighted by atomic mass is 19.3. The number of nitriles is 1. The zero-order chi connectivity index (χ0) is 21.7. The smallest absolute Gasteiger partial charge is 0.268 e. The number of hydrogen-bond acceptors (Lipinski definition) is 5. The number of amides is 2. The molecule has 0 bridgehead atoms. The van der Waals surface area contributed by atoms with E-state index in [1.54, 1.807) is 12.1 Å². The molecule has 2 aliphatic rings. The molecular formula is C21H24F2N4O3. The average molecular weight is 418 g/mol. The first-order chi connectivity index (χ1) is 14.3. The number of carbonyl (C=O) groups is 2. The van der Waals surface area contributed by atoms with Crippen molar-refractivity contribution >= 4 is 17.9 Å². The standard InChI is InChI=1S/C21H24F2N4O3/c22-21(23)9-16(10-24)27(13-21)19(29)12-26-20(30)18-7-8-25-11-15(18)4-1-14-2-5-17(28)6-3-14/h1,4,7-8,11,14,16-17,28H,2-3,5-6,9,12-13H2,(H,26,30)/b4-1+. The van der Waals surface area contributed by atoms with Gasteiger partial charge in [-0.25, -0.2) is 8.78 Å². The number of alkyl halides is 2. The minimum atomic E-state index is -3.10. The van der Waals surface area contributed by atoms with E-state index in [1.165, 1.54) is 18.5 Å². The average Bonchev–Trinajstić information content (AvgIpc) is 3.06. The van der Waals surface area contributed by atoms with Crippen LogP contribution in [0.2, 0.25) is 0 Å². The third-order valence-electron chi connectivity index (χ3n) is 5.53. The van der Waals surface area contributed by atoms with Crippen LogP contribution < -0.4 is 5.32 Å². The number of pyridine rings is 1. The largest absolute Gasteiger partial charge is 0.393 e. The molecule has 0 spiro atoms. The Morgan fingerprint density at radius 2 is 2.10 bits per heavy atom. The van der Waals surface area contributed by atoms with Crippen LogP contribution in [0, 0.1) is 17.2 Å². The first-order valence-corrected chi connectivity index (χ1v) is 9.94. The van der Waals surface area contributed by atoms with Crippen molar-refractivity contribution in [2.45, 2.75) is 50.2 Å². The second-order valence-electron chi connectivity index (χ2n) is 7.80. The van der Waals surface area contributed by atoms with Gasteiger partial charge in [0, 0.05) is 29.9 Å². The lowest BCUT2D eigenvalue weighted by atomic mass is 9.87. The molecule has 30 heavy (non-hydrogen) atoms. The second kappa shape index (κ2) is 9.30. The maximum atomic E-state index is 13.5. The zero-order valence-corrected chi connectivity index (χ0v) is 16.4. The number of nitrogens with zero attached hydrogens (tertiary/aromatic N) is 3. The highest BCUT2D eigenvalue weighted by Crippen LogP contribution is 2.31. The second-order valence-corrected chi connectivity index (χ2v) is 7.80.